The molecule has 1 saturated carbocycles. The third-order valence-electron chi connectivity index (χ3n) is 6.43. The molecule has 0 aromatic rings. The predicted octanol–water partition coefficient (Wildman–Crippen LogP) is 4.64. The maximum Gasteiger partial charge on any atom is 0.426 e. The van der Waals surface area contributed by atoms with Gasteiger partial charge in [0.25, 0.3) is 5.60 Å². The Balaban J connectivity index is 2.59. The maximum absolute atomic E-state index is 12.7. The monoisotopic (exact) mass is 522 g/mol. The quantitative estimate of drug-likeness (QED) is 0.268. The van der Waals surface area contributed by atoms with E-state index in [-0.39, 0.29) is 18.0 Å². The minimum Gasteiger partial charge on any atom is -0.462 e. The van der Waals surface area contributed by atoms with Gasteiger partial charge in [0.15, 0.2) is 6.61 Å². The van der Waals surface area contributed by atoms with Gasteiger partial charge in [-0.25, -0.2) is 4.79 Å². The summed E-state index contributed by atoms with van der Waals surface area (Å²) >= 11 is 0. The van der Waals surface area contributed by atoms with Gasteiger partial charge >= 0.3 is 30.3 Å². The van der Waals surface area contributed by atoms with E-state index < -0.39 is 53.9 Å². The summed E-state index contributed by atoms with van der Waals surface area (Å²) in [5.41, 5.74) is -7.02. The molecule has 0 spiro atoms. The zero-order valence-electron chi connectivity index (χ0n) is 20.3. The minimum atomic E-state index is -6.19. The molecule has 13 heteroatoms. The van der Waals surface area contributed by atoms with E-state index in [0.717, 1.165) is 0 Å². The predicted molar refractivity (Wildman–Crippen MR) is 109 cm³/mol. The Morgan fingerprint density at radius 3 is 1.77 bits per heavy atom. The number of esters is 3. The molecule has 0 saturated heterocycles. The molecule has 0 unspecified atom stereocenters. The Kier molecular flexibility index (Phi) is 9.66. The van der Waals surface area contributed by atoms with Crippen molar-refractivity contribution < 1.29 is 60.0 Å². The van der Waals surface area contributed by atoms with Gasteiger partial charge < -0.3 is 19.3 Å². The topological polar surface area (TPSA) is 99.1 Å². The summed E-state index contributed by atoms with van der Waals surface area (Å²) in [6, 6.07) is 0. The molecule has 0 aromatic heterocycles. The van der Waals surface area contributed by atoms with Gasteiger partial charge in [-0.3, -0.25) is 9.59 Å². The van der Waals surface area contributed by atoms with Crippen molar-refractivity contribution in [2.45, 2.75) is 103 Å². The van der Waals surface area contributed by atoms with Crippen LogP contribution in [0, 0.1) is 11.3 Å². The van der Waals surface area contributed by atoms with E-state index in [1.807, 2.05) is 6.92 Å². The summed E-state index contributed by atoms with van der Waals surface area (Å²) in [5.74, 6) is -3.74. The second kappa shape index (κ2) is 10.9. The van der Waals surface area contributed by atoms with Crippen molar-refractivity contribution in [2.75, 3.05) is 6.61 Å². The van der Waals surface area contributed by atoms with Crippen LogP contribution in [0.1, 0.15) is 73.1 Å². The lowest BCUT2D eigenvalue weighted by molar-refractivity contribution is -0.368. The smallest absolute Gasteiger partial charge is 0.426 e. The Hall–Kier alpha value is -2.05. The fraction of sp³-hybridized carbons (Fsp3) is 0.864. The summed E-state index contributed by atoms with van der Waals surface area (Å²) in [6.45, 7) is 7.34. The second-order valence-corrected chi connectivity index (χ2v) is 9.89. The molecule has 0 radical (unpaired) electrons. The van der Waals surface area contributed by atoms with Crippen molar-refractivity contribution in [3.63, 3.8) is 0 Å². The van der Waals surface area contributed by atoms with E-state index >= 15 is 0 Å². The van der Waals surface area contributed by atoms with Crippen LogP contribution in [0.3, 0.4) is 0 Å². The van der Waals surface area contributed by atoms with E-state index in [1.165, 1.54) is 0 Å². The highest BCUT2D eigenvalue weighted by Gasteiger charge is 2.71. The van der Waals surface area contributed by atoms with Gasteiger partial charge in [0.05, 0.1) is 11.8 Å². The van der Waals surface area contributed by atoms with Gasteiger partial charge in [0, 0.05) is 0 Å². The highest BCUT2D eigenvalue weighted by molar-refractivity contribution is 5.77. The number of halogens is 6. The van der Waals surface area contributed by atoms with Gasteiger partial charge in [0.2, 0.25) is 0 Å². The zero-order valence-corrected chi connectivity index (χ0v) is 20.3. The van der Waals surface area contributed by atoms with Crippen LogP contribution in [-0.4, -0.2) is 59.3 Å². The Morgan fingerprint density at radius 1 is 0.857 bits per heavy atom. The Morgan fingerprint density at radius 2 is 1.34 bits per heavy atom. The number of carbonyl (C=O) groups excluding carboxylic acids is 3. The lowest BCUT2D eigenvalue weighted by atomic mass is 9.77. The number of rotatable bonds is 9. The van der Waals surface area contributed by atoms with Gasteiger partial charge in [-0.1, -0.05) is 6.92 Å². The van der Waals surface area contributed by atoms with Crippen molar-refractivity contribution in [1.82, 2.24) is 0 Å². The van der Waals surface area contributed by atoms with Crippen LogP contribution >= 0.6 is 0 Å². The van der Waals surface area contributed by atoms with Crippen LogP contribution in [-0.2, 0) is 28.6 Å². The zero-order chi connectivity index (χ0) is 27.5. The largest absolute Gasteiger partial charge is 0.462 e. The van der Waals surface area contributed by atoms with Gasteiger partial charge in [0.1, 0.15) is 11.7 Å². The lowest BCUT2D eigenvalue weighted by Crippen LogP contribution is -2.58. The molecule has 0 amide bonds. The molecule has 35 heavy (non-hydrogen) atoms. The molecule has 204 valence electrons. The number of carbonyl (C=O) groups is 3. The van der Waals surface area contributed by atoms with E-state index in [4.69, 9.17) is 14.6 Å². The number of hydrogen-bond donors (Lipinski definition) is 1. The molecule has 7 nitrogen and oxygen atoms in total. The van der Waals surface area contributed by atoms with Crippen molar-refractivity contribution in [1.29, 1.82) is 0 Å². The first-order valence-corrected chi connectivity index (χ1v) is 11.1. The molecule has 1 rings (SSSR count). The van der Waals surface area contributed by atoms with Crippen LogP contribution < -0.4 is 0 Å². The molecule has 1 fully saturated rings. The van der Waals surface area contributed by atoms with Crippen molar-refractivity contribution >= 4 is 17.9 Å². The standard InChI is InChI=1S/C22H32F6O7/c1-6-18(2,3)17(31)34-14-9-7-13(8-10-14)19(4,5)35-16(30)12-33-15(29)11-20(32,21(23,24)25)22(26,27)28/h13-14,32H,6-12H2,1-5H3. The van der Waals surface area contributed by atoms with E-state index in [9.17, 15) is 40.7 Å². The summed E-state index contributed by atoms with van der Waals surface area (Å²) in [6.07, 6.45) is -12.5. The van der Waals surface area contributed by atoms with E-state index in [2.05, 4.69) is 4.74 Å². The first-order chi connectivity index (χ1) is 15.7. The number of alkyl halides is 6. The maximum atomic E-state index is 12.7. The van der Waals surface area contributed by atoms with Crippen LogP contribution in [0.5, 0.6) is 0 Å². The normalized spacial score (nSPS) is 20.2. The summed E-state index contributed by atoms with van der Waals surface area (Å²) < 4.78 is 91.0. The number of hydrogen-bond acceptors (Lipinski definition) is 7. The minimum absolute atomic E-state index is 0.183. The van der Waals surface area contributed by atoms with Crippen molar-refractivity contribution in [3.8, 4) is 0 Å². The van der Waals surface area contributed by atoms with Gasteiger partial charge in [-0.2, -0.15) is 26.3 Å². The van der Waals surface area contributed by atoms with Gasteiger partial charge in [-0.15, -0.1) is 0 Å². The first-order valence-electron chi connectivity index (χ1n) is 11.1. The molecule has 0 atom stereocenters. The molecule has 1 N–H and O–H groups in total. The van der Waals surface area contributed by atoms with Crippen LogP contribution in [0.2, 0.25) is 0 Å². The van der Waals surface area contributed by atoms with Gasteiger partial charge in [-0.05, 0) is 65.7 Å². The Labute approximate surface area is 199 Å². The second-order valence-electron chi connectivity index (χ2n) is 9.89. The van der Waals surface area contributed by atoms with Crippen LogP contribution in [0.15, 0.2) is 0 Å². The third-order valence-corrected chi connectivity index (χ3v) is 6.43. The molecule has 1 aliphatic rings. The fourth-order valence-electron chi connectivity index (χ4n) is 3.50. The number of aliphatic hydroxyl groups is 1. The fourth-order valence-corrected chi connectivity index (χ4v) is 3.50. The van der Waals surface area contributed by atoms with Crippen LogP contribution in [0.25, 0.3) is 0 Å². The highest BCUT2D eigenvalue weighted by atomic mass is 19.4. The molecular weight excluding hydrogens is 490 g/mol. The molecule has 1 aliphatic carbocycles. The highest BCUT2D eigenvalue weighted by Crippen LogP contribution is 2.45. The molecule has 0 aliphatic heterocycles. The summed E-state index contributed by atoms with van der Waals surface area (Å²) in [5, 5.41) is 9.01. The molecule has 0 heterocycles. The van der Waals surface area contributed by atoms with Crippen molar-refractivity contribution in [3.05, 3.63) is 0 Å². The third kappa shape index (κ3) is 7.97. The molecule has 0 bridgehead atoms. The van der Waals surface area contributed by atoms with Crippen LogP contribution in [0.4, 0.5) is 26.3 Å². The lowest BCUT2D eigenvalue weighted by Gasteiger charge is -2.39. The molecule has 0 aromatic carbocycles. The van der Waals surface area contributed by atoms with E-state index in [0.29, 0.717) is 32.1 Å². The summed E-state index contributed by atoms with van der Waals surface area (Å²) in [7, 11) is 0. The Bertz CT molecular complexity index is 751. The summed E-state index contributed by atoms with van der Waals surface area (Å²) in [4.78, 5) is 35.8. The first kappa shape index (κ1) is 31.0. The molecular formula is C22H32F6O7. The number of ether oxygens (including phenoxy) is 3. The average molecular weight is 522 g/mol. The average Bonchev–Trinajstić information content (AvgIpc) is 2.70. The van der Waals surface area contributed by atoms with E-state index in [1.54, 1.807) is 27.7 Å². The van der Waals surface area contributed by atoms with Crippen molar-refractivity contribution in [2.24, 2.45) is 11.3 Å². The SMILES string of the molecule is CCC(C)(C)C(=O)OC1CCC(C(C)(C)OC(=O)COC(=O)CC(O)(C(F)(F)F)C(F)(F)F)CC1.